The Morgan fingerprint density at radius 3 is 2.21 bits per heavy atom. The summed E-state index contributed by atoms with van der Waals surface area (Å²) in [5, 5.41) is 8.89. The number of likely N-dealkylation sites (N-methyl/N-ethyl adjacent to an activating group) is 1. The van der Waals surface area contributed by atoms with Crippen LogP contribution in [0.3, 0.4) is 0 Å². The van der Waals surface area contributed by atoms with E-state index in [0.717, 1.165) is 6.54 Å². The summed E-state index contributed by atoms with van der Waals surface area (Å²) >= 11 is 0. The van der Waals surface area contributed by atoms with Gasteiger partial charge in [0, 0.05) is 12.6 Å². The van der Waals surface area contributed by atoms with Crippen molar-refractivity contribution in [3.05, 3.63) is 0 Å². The number of hydrogen-bond acceptors (Lipinski definition) is 2. The molecule has 0 spiro atoms. The van der Waals surface area contributed by atoms with Crippen LogP contribution in [0.15, 0.2) is 0 Å². The van der Waals surface area contributed by atoms with Crippen LogP contribution in [0.1, 0.15) is 47.0 Å². The normalized spacial score (nSPS) is 14.8. The third kappa shape index (κ3) is 4.97. The van der Waals surface area contributed by atoms with E-state index in [1.807, 2.05) is 0 Å². The third-order valence-corrected chi connectivity index (χ3v) is 3.29. The van der Waals surface area contributed by atoms with E-state index in [4.69, 9.17) is 5.11 Å². The second-order valence-electron chi connectivity index (χ2n) is 4.99. The molecule has 14 heavy (non-hydrogen) atoms. The SMILES string of the molecule is CCC(CC(C)(C)CC)N(C)CCO. The molecule has 0 aliphatic heterocycles. The summed E-state index contributed by atoms with van der Waals surface area (Å²) < 4.78 is 0. The van der Waals surface area contributed by atoms with E-state index in [1.54, 1.807) is 0 Å². The molecule has 1 atom stereocenters. The Morgan fingerprint density at radius 2 is 1.86 bits per heavy atom. The summed E-state index contributed by atoms with van der Waals surface area (Å²) in [6, 6.07) is 0.608. The smallest absolute Gasteiger partial charge is 0.0558 e. The standard InChI is InChI=1S/C12H27NO/c1-6-11(13(5)8-9-14)10-12(3,4)7-2/h11,14H,6-10H2,1-5H3. The van der Waals surface area contributed by atoms with E-state index in [9.17, 15) is 0 Å². The van der Waals surface area contributed by atoms with E-state index in [2.05, 4.69) is 39.6 Å². The average molecular weight is 201 g/mol. The van der Waals surface area contributed by atoms with Crippen LogP contribution in [0.2, 0.25) is 0 Å². The van der Waals surface area contributed by atoms with E-state index in [0.29, 0.717) is 11.5 Å². The van der Waals surface area contributed by atoms with Gasteiger partial charge in [0.15, 0.2) is 0 Å². The van der Waals surface area contributed by atoms with Crippen molar-refractivity contribution in [1.82, 2.24) is 4.90 Å². The molecule has 2 heteroatoms. The maximum atomic E-state index is 8.89. The summed E-state index contributed by atoms with van der Waals surface area (Å²) in [5.74, 6) is 0. The minimum atomic E-state index is 0.263. The van der Waals surface area contributed by atoms with Crippen molar-refractivity contribution < 1.29 is 5.11 Å². The number of rotatable bonds is 7. The first kappa shape index (κ1) is 13.9. The van der Waals surface area contributed by atoms with Crippen LogP contribution in [-0.4, -0.2) is 36.2 Å². The lowest BCUT2D eigenvalue weighted by Crippen LogP contribution is -2.36. The van der Waals surface area contributed by atoms with Crippen molar-refractivity contribution >= 4 is 0 Å². The van der Waals surface area contributed by atoms with Gasteiger partial charge in [0.2, 0.25) is 0 Å². The van der Waals surface area contributed by atoms with Crippen LogP contribution in [0, 0.1) is 5.41 Å². The van der Waals surface area contributed by atoms with E-state index >= 15 is 0 Å². The molecule has 0 radical (unpaired) electrons. The second-order valence-corrected chi connectivity index (χ2v) is 4.99. The van der Waals surface area contributed by atoms with Gasteiger partial charge in [-0.1, -0.05) is 34.1 Å². The molecule has 0 rings (SSSR count). The zero-order valence-corrected chi connectivity index (χ0v) is 10.5. The van der Waals surface area contributed by atoms with Crippen LogP contribution in [0.4, 0.5) is 0 Å². The van der Waals surface area contributed by atoms with Crippen molar-refractivity contribution in [2.75, 3.05) is 20.2 Å². The molecule has 0 heterocycles. The maximum Gasteiger partial charge on any atom is 0.0558 e. The Morgan fingerprint density at radius 1 is 1.29 bits per heavy atom. The van der Waals surface area contributed by atoms with Gasteiger partial charge in [-0.2, -0.15) is 0 Å². The summed E-state index contributed by atoms with van der Waals surface area (Å²) in [6.45, 7) is 10.2. The highest BCUT2D eigenvalue weighted by Crippen LogP contribution is 2.28. The lowest BCUT2D eigenvalue weighted by Gasteiger charge is -2.33. The minimum absolute atomic E-state index is 0.263. The predicted octanol–water partition coefficient (Wildman–Crippen LogP) is 2.52. The monoisotopic (exact) mass is 201 g/mol. The molecule has 1 unspecified atom stereocenters. The molecule has 0 aliphatic rings. The lowest BCUT2D eigenvalue weighted by atomic mass is 9.82. The van der Waals surface area contributed by atoms with Gasteiger partial charge in [0.1, 0.15) is 0 Å². The predicted molar refractivity (Wildman–Crippen MR) is 62.5 cm³/mol. The summed E-state index contributed by atoms with van der Waals surface area (Å²) in [6.07, 6.45) is 3.60. The second kappa shape index (κ2) is 6.41. The molecule has 0 amide bonds. The Labute approximate surface area is 89.3 Å². The fourth-order valence-electron chi connectivity index (χ4n) is 1.73. The van der Waals surface area contributed by atoms with Gasteiger partial charge in [-0.05, 0) is 25.3 Å². The van der Waals surface area contributed by atoms with Gasteiger partial charge in [-0.25, -0.2) is 0 Å². The van der Waals surface area contributed by atoms with Crippen molar-refractivity contribution in [3.63, 3.8) is 0 Å². The lowest BCUT2D eigenvalue weighted by molar-refractivity contribution is 0.134. The van der Waals surface area contributed by atoms with Crippen LogP contribution >= 0.6 is 0 Å². The van der Waals surface area contributed by atoms with Crippen molar-refractivity contribution in [3.8, 4) is 0 Å². The number of aliphatic hydroxyl groups is 1. The average Bonchev–Trinajstić information content (AvgIpc) is 2.14. The summed E-state index contributed by atoms with van der Waals surface area (Å²) in [7, 11) is 2.11. The molecular weight excluding hydrogens is 174 g/mol. The van der Waals surface area contributed by atoms with Gasteiger partial charge < -0.3 is 10.0 Å². The molecule has 0 saturated carbocycles. The zero-order chi connectivity index (χ0) is 11.2. The first-order valence-corrected chi connectivity index (χ1v) is 5.78. The fourth-order valence-corrected chi connectivity index (χ4v) is 1.73. The highest BCUT2D eigenvalue weighted by Gasteiger charge is 2.22. The topological polar surface area (TPSA) is 23.5 Å². The van der Waals surface area contributed by atoms with Crippen LogP contribution < -0.4 is 0 Å². The van der Waals surface area contributed by atoms with Crippen LogP contribution in [-0.2, 0) is 0 Å². The van der Waals surface area contributed by atoms with Crippen molar-refractivity contribution in [1.29, 1.82) is 0 Å². The quantitative estimate of drug-likeness (QED) is 0.684. The van der Waals surface area contributed by atoms with Gasteiger partial charge in [-0.3, -0.25) is 0 Å². The molecular formula is C12H27NO. The molecule has 0 saturated heterocycles. The highest BCUT2D eigenvalue weighted by molar-refractivity contribution is 4.76. The van der Waals surface area contributed by atoms with E-state index in [-0.39, 0.29) is 6.61 Å². The Balaban J connectivity index is 4.14. The van der Waals surface area contributed by atoms with Gasteiger partial charge in [0.05, 0.1) is 6.61 Å². The molecule has 0 fully saturated rings. The summed E-state index contributed by atoms with van der Waals surface area (Å²) in [5.41, 5.74) is 0.421. The number of nitrogens with zero attached hydrogens (tertiary/aromatic N) is 1. The Kier molecular flexibility index (Phi) is 6.38. The molecule has 0 aliphatic carbocycles. The molecule has 0 aromatic carbocycles. The zero-order valence-electron chi connectivity index (χ0n) is 10.5. The molecule has 86 valence electrons. The van der Waals surface area contributed by atoms with Crippen molar-refractivity contribution in [2.24, 2.45) is 5.41 Å². The minimum Gasteiger partial charge on any atom is -0.395 e. The first-order valence-electron chi connectivity index (χ1n) is 5.78. The molecule has 1 N–H and O–H groups in total. The van der Waals surface area contributed by atoms with Crippen molar-refractivity contribution in [2.45, 2.75) is 53.0 Å². The third-order valence-electron chi connectivity index (χ3n) is 3.29. The van der Waals surface area contributed by atoms with Gasteiger partial charge in [0.25, 0.3) is 0 Å². The van der Waals surface area contributed by atoms with Crippen LogP contribution in [0.25, 0.3) is 0 Å². The summed E-state index contributed by atoms with van der Waals surface area (Å²) in [4.78, 5) is 2.28. The van der Waals surface area contributed by atoms with Gasteiger partial charge in [-0.15, -0.1) is 0 Å². The Bertz CT molecular complexity index is 145. The molecule has 0 bridgehead atoms. The number of hydrogen-bond donors (Lipinski definition) is 1. The largest absolute Gasteiger partial charge is 0.395 e. The maximum absolute atomic E-state index is 8.89. The number of aliphatic hydroxyl groups excluding tert-OH is 1. The van der Waals surface area contributed by atoms with E-state index < -0.39 is 0 Å². The molecule has 0 aromatic heterocycles. The van der Waals surface area contributed by atoms with Gasteiger partial charge >= 0.3 is 0 Å². The first-order chi connectivity index (χ1) is 6.46. The fraction of sp³-hybridized carbons (Fsp3) is 1.00. The van der Waals surface area contributed by atoms with E-state index in [1.165, 1.54) is 19.3 Å². The molecule has 0 aromatic rings. The Hall–Kier alpha value is -0.0800. The van der Waals surface area contributed by atoms with Crippen LogP contribution in [0.5, 0.6) is 0 Å². The molecule has 2 nitrogen and oxygen atoms in total. The highest BCUT2D eigenvalue weighted by atomic mass is 16.3.